The van der Waals surface area contributed by atoms with Gasteiger partial charge < -0.3 is 10.6 Å². The highest BCUT2D eigenvalue weighted by atomic mass is 16.6. The zero-order chi connectivity index (χ0) is 21.3. The largest absolute Gasteiger partial charge is 0.353 e. The number of hydroxylamine groups is 1. The topological polar surface area (TPSA) is 96.8 Å². The van der Waals surface area contributed by atoms with Gasteiger partial charge in [-0.05, 0) is 61.9 Å². The normalized spacial score (nSPS) is 13.3. The lowest BCUT2D eigenvalue weighted by atomic mass is 10.1. The van der Waals surface area contributed by atoms with Crippen molar-refractivity contribution in [1.29, 1.82) is 0 Å². The van der Waals surface area contributed by atoms with E-state index in [4.69, 9.17) is 4.84 Å². The van der Waals surface area contributed by atoms with Crippen molar-refractivity contribution in [2.45, 2.75) is 26.7 Å². The second-order valence-corrected chi connectivity index (χ2v) is 7.65. The van der Waals surface area contributed by atoms with E-state index in [1.807, 2.05) is 26.0 Å². The highest BCUT2D eigenvalue weighted by Gasteiger charge is 2.23. The van der Waals surface area contributed by atoms with Gasteiger partial charge in [0.1, 0.15) is 0 Å². The molecule has 0 saturated heterocycles. The smallest absolute Gasteiger partial charge is 0.274 e. The van der Waals surface area contributed by atoms with Gasteiger partial charge in [0, 0.05) is 30.2 Å². The number of nitrogens with zero attached hydrogens (tertiary/aromatic N) is 2. The van der Waals surface area contributed by atoms with E-state index in [-0.39, 0.29) is 11.8 Å². The average molecular weight is 407 g/mol. The lowest BCUT2D eigenvalue weighted by Gasteiger charge is -2.13. The quantitative estimate of drug-likeness (QED) is 0.523. The van der Waals surface area contributed by atoms with E-state index in [1.165, 1.54) is 20.0 Å². The molecule has 0 atom stereocenters. The van der Waals surface area contributed by atoms with Crippen LogP contribution in [-0.2, 0) is 4.84 Å². The molecule has 8 heteroatoms. The summed E-state index contributed by atoms with van der Waals surface area (Å²) in [6.45, 7) is 4.60. The highest BCUT2D eigenvalue weighted by Crippen LogP contribution is 2.30. The fourth-order valence-electron chi connectivity index (χ4n) is 3.44. The minimum absolute atomic E-state index is 0.0785. The Morgan fingerprint density at radius 2 is 1.97 bits per heavy atom. The standard InChI is InChI=1S/C22H25N5O3/c1-13-4-7-16(21(28)26-30-3)10-19(13)25-18-8-9-24-27-12-17(14(2)20(18)27)22(29)23-11-15-5-6-15/h4,7-10,12,15,25H,5-6,11H2,1-3H3,(H,23,29)(H,26,28). The maximum atomic E-state index is 12.6. The second kappa shape index (κ2) is 8.16. The summed E-state index contributed by atoms with van der Waals surface area (Å²) in [5, 5.41) is 10.8. The molecule has 2 aromatic heterocycles. The van der Waals surface area contributed by atoms with Crippen LogP contribution in [0, 0.1) is 19.8 Å². The van der Waals surface area contributed by atoms with Crippen LogP contribution >= 0.6 is 0 Å². The van der Waals surface area contributed by atoms with Gasteiger partial charge in [0.05, 0.1) is 23.9 Å². The molecule has 3 N–H and O–H groups in total. The van der Waals surface area contributed by atoms with E-state index in [9.17, 15) is 9.59 Å². The van der Waals surface area contributed by atoms with Crippen LogP contribution in [0.5, 0.6) is 0 Å². The lowest BCUT2D eigenvalue weighted by Crippen LogP contribution is -2.25. The van der Waals surface area contributed by atoms with E-state index in [0.29, 0.717) is 17.0 Å². The third-order valence-electron chi connectivity index (χ3n) is 5.38. The van der Waals surface area contributed by atoms with Gasteiger partial charge in [-0.1, -0.05) is 6.07 Å². The Balaban J connectivity index is 1.65. The first-order valence-electron chi connectivity index (χ1n) is 9.94. The molecular formula is C22H25N5O3. The van der Waals surface area contributed by atoms with Gasteiger partial charge >= 0.3 is 0 Å². The van der Waals surface area contributed by atoms with E-state index in [2.05, 4.69) is 21.2 Å². The number of amides is 2. The van der Waals surface area contributed by atoms with Crippen LogP contribution in [0.25, 0.3) is 5.52 Å². The van der Waals surface area contributed by atoms with Crippen molar-refractivity contribution in [2.75, 3.05) is 19.0 Å². The Labute approximate surface area is 174 Å². The molecule has 0 bridgehead atoms. The number of nitrogens with one attached hydrogen (secondary N) is 3. The summed E-state index contributed by atoms with van der Waals surface area (Å²) < 4.78 is 1.71. The fourth-order valence-corrected chi connectivity index (χ4v) is 3.44. The van der Waals surface area contributed by atoms with Crippen LogP contribution in [0.4, 0.5) is 11.4 Å². The van der Waals surface area contributed by atoms with E-state index < -0.39 is 0 Å². The number of fused-ring (bicyclic) bond motifs is 1. The molecule has 1 fully saturated rings. The molecule has 0 unspecified atom stereocenters. The summed E-state index contributed by atoms with van der Waals surface area (Å²) in [7, 11) is 1.40. The summed E-state index contributed by atoms with van der Waals surface area (Å²) >= 11 is 0. The molecule has 1 aliphatic carbocycles. The zero-order valence-electron chi connectivity index (χ0n) is 17.3. The van der Waals surface area contributed by atoms with Crippen molar-refractivity contribution in [3.63, 3.8) is 0 Å². The Kier molecular flexibility index (Phi) is 5.41. The van der Waals surface area contributed by atoms with Crippen LogP contribution in [0.3, 0.4) is 0 Å². The van der Waals surface area contributed by atoms with Crippen molar-refractivity contribution in [2.24, 2.45) is 5.92 Å². The molecule has 156 valence electrons. The second-order valence-electron chi connectivity index (χ2n) is 7.65. The van der Waals surface area contributed by atoms with Gasteiger partial charge in [-0.2, -0.15) is 5.10 Å². The Hall–Kier alpha value is -3.39. The first kappa shape index (κ1) is 19.9. The molecular weight excluding hydrogens is 382 g/mol. The molecule has 3 aromatic rings. The van der Waals surface area contributed by atoms with Crippen LogP contribution in [0.1, 0.15) is 44.7 Å². The number of aromatic nitrogens is 2. The molecule has 30 heavy (non-hydrogen) atoms. The maximum Gasteiger partial charge on any atom is 0.274 e. The van der Waals surface area contributed by atoms with Crippen LogP contribution in [0.15, 0.2) is 36.7 Å². The minimum atomic E-state index is -0.325. The summed E-state index contributed by atoms with van der Waals surface area (Å²) in [5.41, 5.74) is 7.65. The predicted octanol–water partition coefficient (Wildman–Crippen LogP) is 3.13. The first-order valence-corrected chi connectivity index (χ1v) is 9.94. The molecule has 0 spiro atoms. The summed E-state index contributed by atoms with van der Waals surface area (Å²) in [4.78, 5) is 29.5. The number of hydrogen-bond donors (Lipinski definition) is 3. The Morgan fingerprint density at radius 3 is 2.70 bits per heavy atom. The van der Waals surface area contributed by atoms with Crippen molar-refractivity contribution in [1.82, 2.24) is 20.4 Å². The highest BCUT2D eigenvalue weighted by molar-refractivity contribution is 6.00. The third kappa shape index (κ3) is 3.99. The van der Waals surface area contributed by atoms with Crippen molar-refractivity contribution < 1.29 is 14.4 Å². The Morgan fingerprint density at radius 1 is 1.17 bits per heavy atom. The van der Waals surface area contributed by atoms with Crippen molar-refractivity contribution in [3.05, 3.63) is 58.9 Å². The summed E-state index contributed by atoms with van der Waals surface area (Å²) in [6, 6.07) is 7.23. The van der Waals surface area contributed by atoms with Gasteiger partial charge in [0.2, 0.25) is 0 Å². The Bertz CT molecular complexity index is 1120. The molecule has 0 radical (unpaired) electrons. The SMILES string of the molecule is CONC(=O)c1ccc(C)c(Nc2ccnn3cc(C(=O)NCC4CC4)c(C)c23)c1. The number of carbonyl (C=O) groups excluding carboxylic acids is 2. The monoisotopic (exact) mass is 407 g/mol. The van der Waals surface area contributed by atoms with Crippen LogP contribution < -0.4 is 16.1 Å². The van der Waals surface area contributed by atoms with Gasteiger partial charge in [-0.15, -0.1) is 0 Å². The molecule has 2 heterocycles. The minimum Gasteiger partial charge on any atom is -0.353 e. The summed E-state index contributed by atoms with van der Waals surface area (Å²) in [6.07, 6.45) is 5.81. The van der Waals surface area contributed by atoms with Gasteiger partial charge in [0.15, 0.2) is 0 Å². The maximum absolute atomic E-state index is 12.6. The molecule has 2 amide bonds. The zero-order valence-corrected chi connectivity index (χ0v) is 17.3. The van der Waals surface area contributed by atoms with Crippen LogP contribution in [-0.4, -0.2) is 35.1 Å². The van der Waals surface area contributed by atoms with Gasteiger partial charge in [0.25, 0.3) is 11.8 Å². The van der Waals surface area contributed by atoms with Crippen LogP contribution in [0.2, 0.25) is 0 Å². The molecule has 1 saturated carbocycles. The lowest BCUT2D eigenvalue weighted by molar-refractivity contribution is 0.0537. The van der Waals surface area contributed by atoms with Crippen molar-refractivity contribution in [3.8, 4) is 0 Å². The molecule has 8 nitrogen and oxygen atoms in total. The van der Waals surface area contributed by atoms with Gasteiger partial charge in [-0.3, -0.25) is 14.4 Å². The van der Waals surface area contributed by atoms with Gasteiger partial charge in [-0.25, -0.2) is 10.00 Å². The molecule has 1 aliphatic rings. The molecule has 1 aromatic carbocycles. The number of aryl methyl sites for hydroxylation is 2. The number of rotatable bonds is 7. The van der Waals surface area contributed by atoms with Crippen molar-refractivity contribution >= 4 is 28.7 Å². The molecule has 4 rings (SSSR count). The number of hydrogen-bond acceptors (Lipinski definition) is 5. The predicted molar refractivity (Wildman–Crippen MR) is 114 cm³/mol. The summed E-state index contributed by atoms with van der Waals surface area (Å²) in [5.74, 6) is 0.214. The van der Waals surface area contributed by atoms with E-state index in [0.717, 1.165) is 34.6 Å². The third-order valence-corrected chi connectivity index (χ3v) is 5.38. The first-order chi connectivity index (χ1) is 14.5. The average Bonchev–Trinajstić information content (AvgIpc) is 3.50. The van der Waals surface area contributed by atoms with E-state index in [1.54, 1.807) is 29.0 Å². The number of benzene rings is 1. The fraction of sp³-hybridized carbons (Fsp3) is 0.318. The number of anilines is 2. The molecule has 0 aliphatic heterocycles. The number of carbonyl (C=O) groups is 2. The van der Waals surface area contributed by atoms with E-state index >= 15 is 0 Å².